The van der Waals surface area contributed by atoms with Crippen LogP contribution in [-0.2, 0) is 21.7 Å². The molecule has 16 rings (SSSR count). The lowest BCUT2D eigenvalue weighted by molar-refractivity contribution is 0.590. The van der Waals surface area contributed by atoms with Gasteiger partial charge in [0, 0.05) is 54.8 Å². The van der Waals surface area contributed by atoms with Crippen molar-refractivity contribution < 1.29 is 0 Å². The molecule has 0 aliphatic rings. The average Bonchev–Trinajstić information content (AvgIpc) is 1.57. The standard InChI is InChI=1S/C91H80N6/c1-88(2,3)67-35-23-57(24-36-67)63-31-45-79-73(51-63)74-52-64(58-25-37-68(38-26-58)89(4,5)6)32-46-80(74)95(79)71-43-49-83-77(55-71)78-56-72(44-50-84(78)97(83)87-93-85(61-19-15-13-16-20-61)92-86(94-87)62-21-17-14-18-22-62)96-81-47-33-65(59-27-39-69(40-28-59)90(7,8)9)53-75(81)76-54-66(34-48-82(76)96)60-29-41-70(42-30-60)91(10,11)12/h13-56H,1-12H3. The predicted octanol–water partition coefficient (Wildman–Crippen LogP) is 24.4. The van der Waals surface area contributed by atoms with E-state index in [1.807, 2.05) is 36.4 Å². The number of hydrogen-bond acceptors (Lipinski definition) is 3. The highest BCUT2D eigenvalue weighted by Crippen LogP contribution is 2.44. The third-order valence-electron chi connectivity index (χ3n) is 20.0. The predicted molar refractivity (Wildman–Crippen MR) is 410 cm³/mol. The van der Waals surface area contributed by atoms with Crippen molar-refractivity contribution in [1.82, 2.24) is 28.7 Å². The highest BCUT2D eigenvalue weighted by atomic mass is 15.2. The number of fused-ring (bicyclic) bond motifs is 9. The van der Waals surface area contributed by atoms with Crippen LogP contribution in [0.25, 0.3) is 150 Å². The van der Waals surface area contributed by atoms with Crippen LogP contribution in [0.1, 0.15) is 105 Å². The molecule has 0 spiro atoms. The summed E-state index contributed by atoms with van der Waals surface area (Å²) in [7, 11) is 0. The lowest BCUT2D eigenvalue weighted by Gasteiger charge is -2.19. The van der Waals surface area contributed by atoms with Crippen molar-refractivity contribution in [3.8, 4) is 84.6 Å². The van der Waals surface area contributed by atoms with Crippen LogP contribution in [0, 0.1) is 0 Å². The van der Waals surface area contributed by atoms with E-state index in [9.17, 15) is 0 Å². The first-order chi connectivity index (χ1) is 46.6. The van der Waals surface area contributed by atoms with Gasteiger partial charge in [0.2, 0.25) is 5.95 Å². The van der Waals surface area contributed by atoms with Gasteiger partial charge >= 0.3 is 0 Å². The van der Waals surface area contributed by atoms with E-state index in [0.717, 1.165) is 66.4 Å². The van der Waals surface area contributed by atoms with Crippen molar-refractivity contribution in [2.75, 3.05) is 0 Å². The van der Waals surface area contributed by atoms with Crippen molar-refractivity contribution in [3.63, 3.8) is 0 Å². The van der Waals surface area contributed by atoms with E-state index < -0.39 is 0 Å². The Bertz CT molecular complexity index is 5140. The molecule has 0 radical (unpaired) electrons. The molecule has 16 aromatic rings. The van der Waals surface area contributed by atoms with Gasteiger partial charge < -0.3 is 9.13 Å². The summed E-state index contributed by atoms with van der Waals surface area (Å²) >= 11 is 0. The van der Waals surface area contributed by atoms with Crippen molar-refractivity contribution >= 4 is 65.4 Å². The second-order valence-electron chi connectivity index (χ2n) is 30.7. The summed E-state index contributed by atoms with van der Waals surface area (Å²) in [6, 6.07) is 99.1. The van der Waals surface area contributed by atoms with Gasteiger partial charge in [-0.3, -0.25) is 4.57 Å². The maximum absolute atomic E-state index is 5.41. The molecular formula is C91H80N6. The molecule has 6 heteroatoms. The first-order valence-corrected chi connectivity index (χ1v) is 34.1. The van der Waals surface area contributed by atoms with Gasteiger partial charge in [-0.25, -0.2) is 4.98 Å². The number of hydrogen-bond donors (Lipinski definition) is 0. The van der Waals surface area contributed by atoms with Crippen molar-refractivity contribution in [2.45, 2.75) is 105 Å². The zero-order valence-corrected chi connectivity index (χ0v) is 57.6. The first-order valence-electron chi connectivity index (χ1n) is 34.1. The van der Waals surface area contributed by atoms with Crippen molar-refractivity contribution in [2.24, 2.45) is 0 Å². The molecule has 474 valence electrons. The summed E-state index contributed by atoms with van der Waals surface area (Å²) in [4.78, 5) is 16.0. The lowest BCUT2D eigenvalue weighted by Crippen LogP contribution is -2.10. The molecular weight excluding hydrogens is 1180 g/mol. The number of rotatable bonds is 9. The Morgan fingerprint density at radius 3 is 0.711 bits per heavy atom. The van der Waals surface area contributed by atoms with Crippen LogP contribution in [0.3, 0.4) is 0 Å². The van der Waals surface area contributed by atoms with Gasteiger partial charge in [0.05, 0.1) is 33.1 Å². The zero-order chi connectivity index (χ0) is 66.9. The monoisotopic (exact) mass is 1260 g/mol. The molecule has 0 amide bonds. The number of aromatic nitrogens is 6. The fraction of sp³-hybridized carbons (Fsp3) is 0.176. The third kappa shape index (κ3) is 11.0. The molecule has 0 aliphatic carbocycles. The topological polar surface area (TPSA) is 53.5 Å². The Kier molecular flexibility index (Phi) is 14.4. The molecule has 0 bridgehead atoms. The molecule has 0 fully saturated rings. The van der Waals surface area contributed by atoms with Gasteiger partial charge in [0.25, 0.3) is 0 Å². The van der Waals surface area contributed by atoms with Crippen LogP contribution in [0.2, 0.25) is 0 Å². The van der Waals surface area contributed by atoms with E-state index >= 15 is 0 Å². The van der Waals surface area contributed by atoms with E-state index in [4.69, 9.17) is 15.0 Å². The molecule has 0 saturated carbocycles. The summed E-state index contributed by atoms with van der Waals surface area (Å²) in [5.74, 6) is 1.75. The first kappa shape index (κ1) is 61.0. The van der Waals surface area contributed by atoms with Crippen LogP contribution in [-0.4, -0.2) is 28.7 Å². The van der Waals surface area contributed by atoms with Crippen molar-refractivity contribution in [1.29, 1.82) is 0 Å². The molecule has 97 heavy (non-hydrogen) atoms. The minimum absolute atomic E-state index is 0.0498. The molecule has 0 aliphatic heterocycles. The molecule has 6 nitrogen and oxygen atoms in total. The minimum Gasteiger partial charge on any atom is -0.309 e. The van der Waals surface area contributed by atoms with E-state index in [2.05, 4.69) is 327 Å². The summed E-state index contributed by atoms with van der Waals surface area (Å²) in [6.07, 6.45) is 0. The Balaban J connectivity index is 0.937. The Hall–Kier alpha value is -11.0. The highest BCUT2D eigenvalue weighted by molar-refractivity contribution is 6.15. The smallest absolute Gasteiger partial charge is 0.238 e. The quantitative estimate of drug-likeness (QED) is 0.145. The summed E-state index contributed by atoms with van der Waals surface area (Å²) in [6.45, 7) is 27.3. The Labute approximate surface area is 569 Å². The van der Waals surface area contributed by atoms with E-state index in [1.165, 1.54) is 88.3 Å². The van der Waals surface area contributed by atoms with Gasteiger partial charge in [-0.1, -0.05) is 265 Å². The van der Waals surface area contributed by atoms with E-state index in [0.29, 0.717) is 17.6 Å². The van der Waals surface area contributed by atoms with E-state index in [1.54, 1.807) is 0 Å². The van der Waals surface area contributed by atoms with Gasteiger partial charge in [-0.05, 0) is 173 Å². The van der Waals surface area contributed by atoms with Gasteiger partial charge in [-0.15, -0.1) is 0 Å². The molecule has 0 N–H and O–H groups in total. The molecule has 4 heterocycles. The lowest BCUT2D eigenvalue weighted by atomic mass is 9.86. The van der Waals surface area contributed by atoms with E-state index in [-0.39, 0.29) is 21.7 Å². The largest absolute Gasteiger partial charge is 0.309 e. The third-order valence-corrected chi connectivity index (χ3v) is 20.0. The Morgan fingerprint density at radius 2 is 0.443 bits per heavy atom. The zero-order valence-electron chi connectivity index (χ0n) is 57.6. The average molecular weight is 1260 g/mol. The van der Waals surface area contributed by atoms with Crippen LogP contribution >= 0.6 is 0 Å². The number of benzene rings is 12. The molecule has 0 atom stereocenters. The normalized spacial score (nSPS) is 12.5. The van der Waals surface area contributed by atoms with Crippen LogP contribution in [0.15, 0.2) is 267 Å². The maximum Gasteiger partial charge on any atom is 0.238 e. The van der Waals surface area contributed by atoms with Crippen molar-refractivity contribution in [3.05, 3.63) is 289 Å². The van der Waals surface area contributed by atoms with Gasteiger partial charge in [-0.2, -0.15) is 9.97 Å². The Morgan fingerprint density at radius 1 is 0.206 bits per heavy atom. The van der Waals surface area contributed by atoms with Crippen LogP contribution in [0.5, 0.6) is 0 Å². The summed E-state index contributed by atoms with van der Waals surface area (Å²) in [5, 5.41) is 6.91. The molecule has 0 saturated heterocycles. The summed E-state index contributed by atoms with van der Waals surface area (Å²) < 4.78 is 7.18. The molecule has 12 aromatic carbocycles. The second-order valence-corrected chi connectivity index (χ2v) is 30.7. The van der Waals surface area contributed by atoms with Gasteiger partial charge in [0.1, 0.15) is 0 Å². The van der Waals surface area contributed by atoms with Crippen LogP contribution < -0.4 is 0 Å². The summed E-state index contributed by atoms with van der Waals surface area (Å²) in [5.41, 5.74) is 25.4. The second kappa shape index (κ2) is 22.9. The minimum atomic E-state index is 0.0498. The highest BCUT2D eigenvalue weighted by Gasteiger charge is 2.25. The SMILES string of the molecule is CC(C)(C)c1ccc(-c2ccc3c(c2)c2cc(-c4ccc(C(C)(C)C)cc4)ccc2n3-c2ccc3c(c2)c2cc(-n4c5ccc(-c6ccc(C(C)(C)C)cc6)cc5c5cc(-c6ccc(C(C)(C)C)cc6)ccc54)ccc2n3-c2nc(-c3ccccc3)nc(-c3ccccc3)n2)cc1. The van der Waals surface area contributed by atoms with Gasteiger partial charge in [0.15, 0.2) is 11.6 Å². The maximum atomic E-state index is 5.41. The fourth-order valence-corrected chi connectivity index (χ4v) is 14.4. The molecule has 4 aromatic heterocycles. The molecule has 0 unspecified atom stereocenters. The van der Waals surface area contributed by atoms with Crippen LogP contribution in [0.4, 0.5) is 0 Å². The fourth-order valence-electron chi connectivity index (χ4n) is 14.4. The number of nitrogens with zero attached hydrogens (tertiary/aromatic N) is 6.